The monoisotopic (exact) mass is 366 g/mol. The third-order valence-electron chi connectivity index (χ3n) is 5.28. The van der Waals surface area contributed by atoms with E-state index in [9.17, 15) is 0 Å². The third kappa shape index (κ3) is 2.73. The molecule has 0 radical (unpaired) electrons. The fourth-order valence-electron chi connectivity index (χ4n) is 3.90. The fourth-order valence-corrected chi connectivity index (χ4v) is 5.16. The average Bonchev–Trinajstić information content (AvgIpc) is 3.07. The number of fused-ring (bicyclic) bond motifs is 3. The summed E-state index contributed by atoms with van der Waals surface area (Å²) < 4.78 is 5.56. The molecule has 0 spiro atoms. The molecule has 5 rings (SSSR count). The number of aryl methyl sites for hydroxylation is 2. The first-order valence-electron chi connectivity index (χ1n) is 9.30. The van der Waals surface area contributed by atoms with Gasteiger partial charge in [-0.2, -0.15) is 0 Å². The maximum Gasteiger partial charge on any atom is 0.163 e. The minimum Gasteiger partial charge on any atom is -0.399 e. The Morgan fingerprint density at radius 1 is 1.00 bits per heavy atom. The Hall–Kier alpha value is -2.18. The lowest BCUT2D eigenvalue weighted by Gasteiger charge is -2.29. The number of thiophene rings is 1. The van der Waals surface area contributed by atoms with E-state index in [1.54, 1.807) is 0 Å². The highest BCUT2D eigenvalue weighted by Crippen LogP contribution is 2.41. The second-order valence-electron chi connectivity index (χ2n) is 6.98. The lowest BCUT2D eigenvalue weighted by molar-refractivity contribution is 0.122. The number of benzene rings is 1. The van der Waals surface area contributed by atoms with E-state index in [0.717, 1.165) is 60.4 Å². The molecule has 0 unspecified atom stereocenters. The Morgan fingerprint density at radius 3 is 2.58 bits per heavy atom. The largest absolute Gasteiger partial charge is 0.399 e. The summed E-state index contributed by atoms with van der Waals surface area (Å²) >= 11 is 1.86. The highest BCUT2D eigenvalue weighted by Gasteiger charge is 2.25. The van der Waals surface area contributed by atoms with Gasteiger partial charge in [-0.15, -0.1) is 11.3 Å². The van der Waals surface area contributed by atoms with Gasteiger partial charge in [-0.1, -0.05) is 0 Å². The molecule has 3 heterocycles. The number of hydrogen-bond donors (Lipinski definition) is 1. The fraction of sp³-hybridized carbons (Fsp3) is 0.400. The number of rotatable bonds is 2. The normalized spacial score (nSPS) is 17.5. The van der Waals surface area contributed by atoms with E-state index in [-0.39, 0.29) is 0 Å². The van der Waals surface area contributed by atoms with Crippen LogP contribution in [0.4, 0.5) is 11.5 Å². The van der Waals surface area contributed by atoms with Crippen LogP contribution >= 0.6 is 11.3 Å². The molecule has 0 bridgehead atoms. The highest BCUT2D eigenvalue weighted by atomic mass is 32.1. The molecular formula is C20H22N4OS. The van der Waals surface area contributed by atoms with Crippen LogP contribution in [0.25, 0.3) is 21.6 Å². The van der Waals surface area contributed by atoms with Gasteiger partial charge in [-0.25, -0.2) is 9.97 Å². The van der Waals surface area contributed by atoms with E-state index in [0.29, 0.717) is 0 Å². The zero-order chi connectivity index (χ0) is 17.5. The van der Waals surface area contributed by atoms with Crippen LogP contribution in [0, 0.1) is 0 Å². The number of nitrogens with zero attached hydrogens (tertiary/aromatic N) is 3. The summed E-state index contributed by atoms with van der Waals surface area (Å²) in [4.78, 5) is 15.0. The summed E-state index contributed by atoms with van der Waals surface area (Å²) in [5.74, 6) is 1.88. The van der Waals surface area contributed by atoms with Gasteiger partial charge in [-0.05, 0) is 55.5 Å². The minimum atomic E-state index is 0.759. The van der Waals surface area contributed by atoms with Crippen molar-refractivity contribution in [3.8, 4) is 11.4 Å². The molecule has 3 aromatic rings. The quantitative estimate of drug-likeness (QED) is 0.701. The van der Waals surface area contributed by atoms with Gasteiger partial charge in [-0.3, -0.25) is 0 Å². The van der Waals surface area contributed by atoms with Crippen molar-refractivity contribution in [2.45, 2.75) is 25.7 Å². The van der Waals surface area contributed by atoms with Crippen molar-refractivity contribution in [2.24, 2.45) is 0 Å². The maximum absolute atomic E-state index is 5.85. The Morgan fingerprint density at radius 2 is 1.77 bits per heavy atom. The van der Waals surface area contributed by atoms with Crippen LogP contribution in [0.15, 0.2) is 24.3 Å². The summed E-state index contributed by atoms with van der Waals surface area (Å²) in [5.41, 5.74) is 9.11. The molecule has 1 aromatic carbocycles. The molecule has 1 aliphatic heterocycles. The maximum atomic E-state index is 5.85. The number of morpholine rings is 1. The molecule has 0 amide bonds. The first kappa shape index (κ1) is 16.0. The topological polar surface area (TPSA) is 64.3 Å². The molecule has 6 heteroatoms. The molecule has 2 aromatic heterocycles. The number of nitrogens with two attached hydrogens (primary N) is 1. The lowest BCUT2D eigenvalue weighted by atomic mass is 9.97. The first-order chi connectivity index (χ1) is 12.8. The van der Waals surface area contributed by atoms with Crippen molar-refractivity contribution in [1.29, 1.82) is 0 Å². The summed E-state index contributed by atoms with van der Waals surface area (Å²) in [7, 11) is 0. The second-order valence-corrected chi connectivity index (χ2v) is 8.07. The van der Waals surface area contributed by atoms with Crippen LogP contribution in [0.5, 0.6) is 0 Å². The number of ether oxygens (including phenoxy) is 1. The van der Waals surface area contributed by atoms with E-state index in [1.165, 1.54) is 35.1 Å². The Bertz CT molecular complexity index is 945. The Balaban J connectivity index is 1.71. The van der Waals surface area contributed by atoms with Crippen LogP contribution < -0.4 is 10.6 Å². The molecular weight excluding hydrogens is 344 g/mol. The molecule has 1 saturated heterocycles. The first-order valence-corrected chi connectivity index (χ1v) is 10.1. The smallest absolute Gasteiger partial charge is 0.163 e. The van der Waals surface area contributed by atoms with Gasteiger partial charge >= 0.3 is 0 Å². The molecule has 1 aliphatic carbocycles. The van der Waals surface area contributed by atoms with Crippen molar-refractivity contribution >= 4 is 33.1 Å². The SMILES string of the molecule is Nc1ccc(-c2nc(N3CCOCC3)c3c4c(sc3n2)CCCC4)cc1. The Labute approximate surface area is 156 Å². The van der Waals surface area contributed by atoms with Crippen LogP contribution in [0.3, 0.4) is 0 Å². The van der Waals surface area contributed by atoms with Gasteiger partial charge in [0.25, 0.3) is 0 Å². The zero-order valence-corrected chi connectivity index (χ0v) is 15.5. The van der Waals surface area contributed by atoms with Crippen molar-refractivity contribution in [3.63, 3.8) is 0 Å². The molecule has 26 heavy (non-hydrogen) atoms. The zero-order valence-electron chi connectivity index (χ0n) is 14.7. The lowest BCUT2D eigenvalue weighted by Crippen LogP contribution is -2.37. The van der Waals surface area contributed by atoms with Crippen molar-refractivity contribution in [2.75, 3.05) is 36.9 Å². The number of anilines is 2. The minimum absolute atomic E-state index is 0.759. The summed E-state index contributed by atoms with van der Waals surface area (Å²) in [6.45, 7) is 3.29. The van der Waals surface area contributed by atoms with E-state index in [2.05, 4.69) is 4.90 Å². The van der Waals surface area contributed by atoms with Gasteiger partial charge in [0.1, 0.15) is 10.6 Å². The highest BCUT2D eigenvalue weighted by molar-refractivity contribution is 7.19. The van der Waals surface area contributed by atoms with Gasteiger partial charge < -0.3 is 15.4 Å². The summed E-state index contributed by atoms with van der Waals surface area (Å²) in [6, 6.07) is 7.84. The average molecular weight is 366 g/mol. The Kier molecular flexibility index (Phi) is 4.02. The van der Waals surface area contributed by atoms with Gasteiger partial charge in [0.05, 0.1) is 18.6 Å². The second kappa shape index (κ2) is 6.52. The van der Waals surface area contributed by atoms with E-state index in [1.807, 2.05) is 35.6 Å². The predicted octanol–water partition coefficient (Wildman–Crippen LogP) is 3.66. The molecule has 2 N–H and O–H groups in total. The molecule has 0 atom stereocenters. The number of nitrogen functional groups attached to an aromatic ring is 1. The van der Waals surface area contributed by atoms with E-state index in [4.69, 9.17) is 20.4 Å². The van der Waals surface area contributed by atoms with E-state index < -0.39 is 0 Å². The van der Waals surface area contributed by atoms with Gasteiger partial charge in [0, 0.05) is 29.2 Å². The van der Waals surface area contributed by atoms with Gasteiger partial charge in [0.15, 0.2) is 5.82 Å². The number of aromatic nitrogens is 2. The van der Waals surface area contributed by atoms with E-state index >= 15 is 0 Å². The third-order valence-corrected chi connectivity index (χ3v) is 6.46. The molecule has 0 saturated carbocycles. The molecule has 134 valence electrons. The molecule has 1 fully saturated rings. The van der Waals surface area contributed by atoms with Gasteiger partial charge in [0.2, 0.25) is 0 Å². The van der Waals surface area contributed by atoms with Crippen LogP contribution in [-0.4, -0.2) is 36.3 Å². The van der Waals surface area contributed by atoms with Crippen molar-refractivity contribution < 1.29 is 4.74 Å². The summed E-state index contributed by atoms with van der Waals surface area (Å²) in [5, 5.41) is 1.28. The predicted molar refractivity (Wildman–Crippen MR) is 107 cm³/mol. The van der Waals surface area contributed by atoms with Crippen LogP contribution in [0.1, 0.15) is 23.3 Å². The molecule has 2 aliphatic rings. The molecule has 5 nitrogen and oxygen atoms in total. The van der Waals surface area contributed by atoms with Crippen molar-refractivity contribution in [1.82, 2.24) is 9.97 Å². The van der Waals surface area contributed by atoms with Crippen LogP contribution in [0.2, 0.25) is 0 Å². The number of hydrogen-bond acceptors (Lipinski definition) is 6. The van der Waals surface area contributed by atoms with Crippen molar-refractivity contribution in [3.05, 3.63) is 34.7 Å². The van der Waals surface area contributed by atoms with Crippen LogP contribution in [-0.2, 0) is 17.6 Å². The summed E-state index contributed by atoms with van der Waals surface area (Å²) in [6.07, 6.45) is 4.87. The standard InChI is InChI=1S/C20H22N4OS/c21-14-7-5-13(6-8-14)18-22-19(24-9-11-25-12-10-24)17-15-3-1-2-4-16(15)26-20(17)23-18/h5-8H,1-4,9-12,21H2.